The molecule has 0 aliphatic carbocycles. The van der Waals surface area contributed by atoms with Crippen molar-refractivity contribution in [3.8, 4) is 0 Å². The van der Waals surface area contributed by atoms with Crippen molar-refractivity contribution >= 4 is 39.0 Å². The van der Waals surface area contributed by atoms with Gasteiger partial charge in [-0.3, -0.25) is 19.2 Å². The van der Waals surface area contributed by atoms with E-state index in [0.29, 0.717) is 28.6 Å². The smallest absolute Gasteiger partial charge is 0.287 e. The first-order chi connectivity index (χ1) is 15.3. The Morgan fingerprint density at radius 1 is 1.22 bits per heavy atom. The Morgan fingerprint density at radius 3 is 2.81 bits per heavy atom. The molecule has 0 unspecified atom stereocenters. The summed E-state index contributed by atoms with van der Waals surface area (Å²) in [7, 11) is 0. The first-order valence-corrected chi connectivity index (χ1v) is 10.7. The van der Waals surface area contributed by atoms with Crippen LogP contribution in [0.2, 0.25) is 0 Å². The monoisotopic (exact) mass is 450 g/mol. The molecule has 0 bridgehead atoms. The fourth-order valence-electron chi connectivity index (χ4n) is 3.93. The van der Waals surface area contributed by atoms with Crippen LogP contribution in [0.25, 0.3) is 10.3 Å². The fraction of sp³-hybridized carbons (Fsp3) is 0.238. The zero-order valence-electron chi connectivity index (χ0n) is 17.0. The summed E-state index contributed by atoms with van der Waals surface area (Å²) >= 11 is 1.25. The summed E-state index contributed by atoms with van der Waals surface area (Å²) in [5.41, 5.74) is 7.64. The molecule has 0 radical (unpaired) electrons. The highest BCUT2D eigenvalue weighted by atomic mass is 32.1. The van der Waals surface area contributed by atoms with E-state index < -0.39 is 22.3 Å². The summed E-state index contributed by atoms with van der Waals surface area (Å²) in [5.74, 6) is -0.559. The standard InChI is InChI=1S/C21H18N6O4S/c1-9-24-14-19(30)25-18(26-21(14)32-9)20(31)23-7-10-2-3-11-4-5-27(8-12(11)6-10)15-13(22)16(28)17(15)29/h2-3,6H,4-5,7-8,22H2,1H3,(H,23,31)(H,25,26,30). The van der Waals surface area contributed by atoms with E-state index in [4.69, 9.17) is 5.73 Å². The minimum Gasteiger partial charge on any atom is -0.394 e. The van der Waals surface area contributed by atoms with Gasteiger partial charge in [-0.2, -0.15) is 0 Å². The molecule has 3 heterocycles. The first kappa shape index (κ1) is 20.1. The molecule has 32 heavy (non-hydrogen) atoms. The number of benzene rings is 1. The van der Waals surface area contributed by atoms with Gasteiger partial charge in [0.2, 0.25) is 5.82 Å². The number of carbonyl (C=O) groups excluding carboxylic acids is 1. The molecular formula is C21H18N6O4S. The number of rotatable bonds is 4. The van der Waals surface area contributed by atoms with Gasteiger partial charge < -0.3 is 20.9 Å². The number of nitrogens with one attached hydrogen (secondary N) is 2. The SMILES string of the molecule is Cc1nc2c(=O)[nH]c(C(=O)NCc3ccc4c(c3)CN(c3c(N)c(=O)c3=O)CC4)nc2s1. The van der Waals surface area contributed by atoms with Gasteiger partial charge >= 0.3 is 0 Å². The summed E-state index contributed by atoms with van der Waals surface area (Å²) in [6, 6.07) is 5.87. The maximum atomic E-state index is 12.5. The van der Waals surface area contributed by atoms with Gasteiger partial charge in [0.25, 0.3) is 22.3 Å². The molecule has 0 fully saturated rings. The van der Waals surface area contributed by atoms with Gasteiger partial charge in [-0.25, -0.2) is 9.97 Å². The zero-order chi connectivity index (χ0) is 22.6. The Hall–Kier alpha value is -3.86. The summed E-state index contributed by atoms with van der Waals surface area (Å²) < 4.78 is 0. The average molecular weight is 450 g/mol. The summed E-state index contributed by atoms with van der Waals surface area (Å²) in [5, 5.41) is 3.47. The van der Waals surface area contributed by atoms with Crippen molar-refractivity contribution in [3.63, 3.8) is 0 Å². The highest BCUT2D eigenvalue weighted by Crippen LogP contribution is 2.26. The quantitative estimate of drug-likeness (QED) is 0.377. The number of nitrogen functional groups attached to an aromatic ring is 1. The second-order valence-corrected chi connectivity index (χ2v) is 8.86. The van der Waals surface area contributed by atoms with Crippen LogP contribution in [-0.4, -0.2) is 27.4 Å². The van der Waals surface area contributed by atoms with Crippen molar-refractivity contribution in [2.75, 3.05) is 17.2 Å². The minimum atomic E-state index is -0.624. The number of fused-ring (bicyclic) bond motifs is 2. The summed E-state index contributed by atoms with van der Waals surface area (Å²) in [4.78, 5) is 61.0. The molecule has 1 aliphatic rings. The summed E-state index contributed by atoms with van der Waals surface area (Å²) in [6.45, 7) is 3.07. The van der Waals surface area contributed by atoms with Crippen LogP contribution in [0, 0.1) is 6.92 Å². The third-order valence-corrected chi connectivity index (χ3v) is 6.43. The van der Waals surface area contributed by atoms with Gasteiger partial charge in [-0.1, -0.05) is 29.5 Å². The molecule has 0 saturated heterocycles. The third kappa shape index (κ3) is 3.26. The lowest BCUT2D eigenvalue weighted by atomic mass is 9.96. The van der Waals surface area contributed by atoms with Crippen LogP contribution in [0.3, 0.4) is 0 Å². The highest BCUT2D eigenvalue weighted by molar-refractivity contribution is 7.18. The predicted molar refractivity (Wildman–Crippen MR) is 121 cm³/mol. The topological polar surface area (TPSA) is 151 Å². The Kier molecular flexibility index (Phi) is 4.63. The maximum absolute atomic E-state index is 12.5. The number of H-pyrrole nitrogens is 1. The van der Waals surface area contributed by atoms with Crippen LogP contribution < -0.4 is 32.4 Å². The van der Waals surface area contributed by atoms with Crippen molar-refractivity contribution in [2.45, 2.75) is 26.4 Å². The van der Waals surface area contributed by atoms with E-state index >= 15 is 0 Å². The molecule has 0 atom stereocenters. The van der Waals surface area contributed by atoms with E-state index in [1.807, 2.05) is 23.1 Å². The number of carbonyl (C=O) groups is 1. The molecule has 2 aromatic carbocycles. The second kappa shape index (κ2) is 7.38. The lowest BCUT2D eigenvalue weighted by Crippen LogP contribution is -2.44. The predicted octanol–water partition coefficient (Wildman–Crippen LogP) is 0.359. The van der Waals surface area contributed by atoms with E-state index in [1.54, 1.807) is 6.92 Å². The number of anilines is 2. The van der Waals surface area contributed by atoms with E-state index in [2.05, 4.69) is 20.3 Å². The lowest BCUT2D eigenvalue weighted by Gasteiger charge is -2.32. The lowest BCUT2D eigenvalue weighted by molar-refractivity contribution is 0.0940. The Balaban J connectivity index is 1.31. The van der Waals surface area contributed by atoms with Crippen LogP contribution in [-0.2, 0) is 19.5 Å². The van der Waals surface area contributed by atoms with Gasteiger partial charge in [0.05, 0.1) is 5.01 Å². The van der Waals surface area contributed by atoms with Crippen molar-refractivity contribution in [3.05, 3.63) is 76.5 Å². The molecule has 162 valence electrons. The van der Waals surface area contributed by atoms with Crippen molar-refractivity contribution in [2.24, 2.45) is 0 Å². The number of amides is 1. The van der Waals surface area contributed by atoms with Crippen molar-refractivity contribution in [1.29, 1.82) is 0 Å². The molecule has 4 aromatic rings. The number of hydrogen-bond donors (Lipinski definition) is 3. The highest BCUT2D eigenvalue weighted by Gasteiger charge is 2.26. The Labute approximate surface area is 184 Å². The van der Waals surface area contributed by atoms with Crippen LogP contribution in [0.5, 0.6) is 0 Å². The van der Waals surface area contributed by atoms with Crippen LogP contribution in [0.15, 0.2) is 32.6 Å². The van der Waals surface area contributed by atoms with Crippen LogP contribution in [0.1, 0.15) is 32.3 Å². The molecule has 10 nitrogen and oxygen atoms in total. The van der Waals surface area contributed by atoms with Crippen LogP contribution in [0.4, 0.5) is 11.4 Å². The number of aryl methyl sites for hydroxylation is 1. The molecule has 5 rings (SSSR count). The minimum absolute atomic E-state index is 0.0245. The molecule has 4 N–H and O–H groups in total. The normalized spacial score (nSPS) is 13.5. The molecule has 1 aliphatic heterocycles. The molecule has 1 amide bonds. The van der Waals surface area contributed by atoms with Crippen molar-refractivity contribution in [1.82, 2.24) is 20.3 Å². The number of aromatic nitrogens is 3. The van der Waals surface area contributed by atoms with E-state index in [0.717, 1.165) is 23.1 Å². The molecule has 0 saturated carbocycles. The summed E-state index contributed by atoms with van der Waals surface area (Å²) in [6.07, 6.45) is 0.722. The molecule has 0 spiro atoms. The van der Waals surface area contributed by atoms with Crippen LogP contribution >= 0.6 is 11.3 Å². The zero-order valence-corrected chi connectivity index (χ0v) is 17.8. The van der Waals surface area contributed by atoms with Gasteiger partial charge in [0.1, 0.15) is 11.4 Å². The van der Waals surface area contributed by atoms with Gasteiger partial charge in [0.15, 0.2) is 10.3 Å². The third-order valence-electron chi connectivity index (χ3n) is 5.56. The fourth-order valence-corrected chi connectivity index (χ4v) is 4.72. The average Bonchev–Trinajstić information content (AvgIpc) is 3.17. The number of hydrogen-bond acceptors (Lipinski definition) is 9. The molecule has 11 heteroatoms. The number of nitrogens with two attached hydrogens (primary N) is 1. The van der Waals surface area contributed by atoms with E-state index in [1.165, 1.54) is 11.3 Å². The number of aromatic amines is 1. The number of thiazole rings is 1. The second-order valence-electron chi connectivity index (χ2n) is 7.68. The van der Waals surface area contributed by atoms with Gasteiger partial charge in [-0.15, -0.1) is 0 Å². The van der Waals surface area contributed by atoms with E-state index in [9.17, 15) is 19.2 Å². The molecule has 2 aromatic heterocycles. The van der Waals surface area contributed by atoms with Gasteiger partial charge in [-0.05, 0) is 30.0 Å². The first-order valence-electron chi connectivity index (χ1n) is 9.92. The molecular weight excluding hydrogens is 432 g/mol. The Morgan fingerprint density at radius 2 is 2.03 bits per heavy atom. The largest absolute Gasteiger partial charge is 0.394 e. The van der Waals surface area contributed by atoms with Gasteiger partial charge in [0, 0.05) is 19.6 Å². The number of nitrogens with zero attached hydrogens (tertiary/aromatic N) is 3. The van der Waals surface area contributed by atoms with Crippen molar-refractivity contribution < 1.29 is 4.79 Å². The van der Waals surface area contributed by atoms with E-state index in [-0.39, 0.29) is 23.6 Å². The maximum Gasteiger partial charge on any atom is 0.287 e. The Bertz CT molecular complexity index is 1530.